The van der Waals surface area contributed by atoms with Gasteiger partial charge in [-0.15, -0.1) is 0 Å². The monoisotopic (exact) mass is 339 g/mol. The van der Waals surface area contributed by atoms with Crippen LogP contribution in [-0.4, -0.2) is 14.5 Å². The number of pyridine rings is 1. The van der Waals surface area contributed by atoms with E-state index in [4.69, 9.17) is 0 Å². The van der Waals surface area contributed by atoms with Crippen LogP contribution < -0.4 is 5.56 Å². The van der Waals surface area contributed by atoms with Crippen molar-refractivity contribution in [2.45, 2.75) is 0 Å². The van der Waals surface area contributed by atoms with E-state index in [0.29, 0.717) is 5.95 Å². The van der Waals surface area contributed by atoms with Gasteiger partial charge in [0.15, 0.2) is 0 Å². The molecular formula is C16H10BrN3O. The summed E-state index contributed by atoms with van der Waals surface area (Å²) in [6, 6.07) is 16.9. The lowest BCUT2D eigenvalue weighted by molar-refractivity contribution is 0.960. The van der Waals surface area contributed by atoms with Gasteiger partial charge in [-0.1, -0.05) is 34.1 Å². The average Bonchev–Trinajstić information content (AvgIpc) is 2.89. The minimum Gasteiger partial charge on any atom is -0.323 e. The highest BCUT2D eigenvalue weighted by Crippen LogP contribution is 2.20. The van der Waals surface area contributed by atoms with Crippen molar-refractivity contribution in [3.63, 3.8) is 0 Å². The molecular weight excluding hydrogens is 330 g/mol. The average molecular weight is 340 g/mol. The molecule has 21 heavy (non-hydrogen) atoms. The molecule has 0 spiro atoms. The van der Waals surface area contributed by atoms with Gasteiger partial charge in [0.2, 0.25) is 5.95 Å². The number of para-hydroxylation sites is 1. The Bertz CT molecular complexity index is 1030. The third-order valence-electron chi connectivity index (χ3n) is 3.45. The normalized spacial score (nSPS) is 11.3. The third kappa shape index (κ3) is 1.97. The van der Waals surface area contributed by atoms with E-state index in [1.165, 1.54) is 0 Å². The molecule has 102 valence electrons. The smallest absolute Gasteiger partial charge is 0.257 e. The lowest BCUT2D eigenvalue weighted by Gasteiger charge is -2.06. The maximum absolute atomic E-state index is 12.3. The van der Waals surface area contributed by atoms with Crippen LogP contribution in [0.2, 0.25) is 0 Å². The van der Waals surface area contributed by atoms with Gasteiger partial charge in [0.25, 0.3) is 5.56 Å². The van der Waals surface area contributed by atoms with Crippen molar-refractivity contribution in [1.82, 2.24) is 14.5 Å². The number of aromatic nitrogens is 3. The quantitative estimate of drug-likeness (QED) is 0.575. The fourth-order valence-electron chi connectivity index (χ4n) is 2.48. The summed E-state index contributed by atoms with van der Waals surface area (Å²) < 4.78 is 2.57. The van der Waals surface area contributed by atoms with Crippen LogP contribution in [0.4, 0.5) is 0 Å². The largest absolute Gasteiger partial charge is 0.323 e. The topological polar surface area (TPSA) is 50.7 Å². The number of halogens is 1. The summed E-state index contributed by atoms with van der Waals surface area (Å²) in [5.74, 6) is 0.532. The number of nitrogens with zero attached hydrogens (tertiary/aromatic N) is 2. The Labute approximate surface area is 128 Å². The summed E-state index contributed by atoms with van der Waals surface area (Å²) in [5.41, 5.74) is 2.45. The number of benzene rings is 2. The van der Waals surface area contributed by atoms with Crippen molar-refractivity contribution in [3.05, 3.63) is 69.4 Å². The second kappa shape index (κ2) is 4.56. The van der Waals surface area contributed by atoms with Gasteiger partial charge in [-0.3, -0.25) is 4.79 Å². The van der Waals surface area contributed by atoms with Gasteiger partial charge >= 0.3 is 0 Å². The molecule has 1 N–H and O–H groups in total. The number of rotatable bonds is 1. The first-order chi connectivity index (χ1) is 10.2. The SMILES string of the molecule is O=c1ccc2ccccc2n1-c1nc2ccc(Br)cc2[nH]1. The van der Waals surface area contributed by atoms with Crippen LogP contribution in [0.5, 0.6) is 0 Å². The van der Waals surface area contributed by atoms with Crippen LogP contribution in [0.1, 0.15) is 0 Å². The number of nitrogens with one attached hydrogen (secondary N) is 1. The van der Waals surface area contributed by atoms with Crippen molar-refractivity contribution in [2.24, 2.45) is 0 Å². The molecule has 5 heteroatoms. The van der Waals surface area contributed by atoms with Crippen LogP contribution in [0.3, 0.4) is 0 Å². The maximum atomic E-state index is 12.3. The van der Waals surface area contributed by atoms with E-state index in [0.717, 1.165) is 26.4 Å². The first-order valence-corrected chi connectivity index (χ1v) is 7.28. The Kier molecular flexibility index (Phi) is 2.68. The Morgan fingerprint density at radius 2 is 1.90 bits per heavy atom. The Balaban J connectivity index is 2.08. The van der Waals surface area contributed by atoms with E-state index < -0.39 is 0 Å². The second-order valence-electron chi connectivity index (χ2n) is 4.79. The number of imidazole rings is 1. The maximum Gasteiger partial charge on any atom is 0.257 e. The molecule has 0 unspecified atom stereocenters. The lowest BCUT2D eigenvalue weighted by Crippen LogP contribution is -2.18. The highest BCUT2D eigenvalue weighted by molar-refractivity contribution is 9.10. The van der Waals surface area contributed by atoms with Gasteiger partial charge in [-0.05, 0) is 35.7 Å². The van der Waals surface area contributed by atoms with Crippen molar-refractivity contribution in [1.29, 1.82) is 0 Å². The molecule has 0 aliphatic carbocycles. The zero-order chi connectivity index (χ0) is 14.4. The van der Waals surface area contributed by atoms with Crippen LogP contribution in [-0.2, 0) is 0 Å². The highest BCUT2D eigenvalue weighted by atomic mass is 79.9. The highest BCUT2D eigenvalue weighted by Gasteiger charge is 2.09. The van der Waals surface area contributed by atoms with Crippen molar-refractivity contribution in [3.8, 4) is 5.95 Å². The van der Waals surface area contributed by atoms with Gasteiger partial charge in [-0.25, -0.2) is 9.55 Å². The summed E-state index contributed by atoms with van der Waals surface area (Å²) >= 11 is 3.44. The van der Waals surface area contributed by atoms with Crippen molar-refractivity contribution >= 4 is 37.9 Å². The number of hydrogen-bond donors (Lipinski definition) is 1. The Morgan fingerprint density at radius 1 is 1.05 bits per heavy atom. The fourth-order valence-corrected chi connectivity index (χ4v) is 2.84. The first-order valence-electron chi connectivity index (χ1n) is 6.49. The van der Waals surface area contributed by atoms with Gasteiger partial charge < -0.3 is 4.98 Å². The molecule has 4 nitrogen and oxygen atoms in total. The molecule has 0 saturated heterocycles. The number of fused-ring (bicyclic) bond motifs is 2. The minimum atomic E-state index is -0.105. The molecule has 0 bridgehead atoms. The standard InChI is InChI=1S/C16H10BrN3O/c17-11-6-7-12-13(9-11)19-16(18-12)20-14-4-2-1-3-10(14)5-8-15(20)21/h1-9H,(H,18,19). The fraction of sp³-hybridized carbons (Fsp3) is 0. The Hall–Kier alpha value is -2.40. The molecule has 0 radical (unpaired) electrons. The molecule has 0 amide bonds. The van der Waals surface area contributed by atoms with E-state index in [-0.39, 0.29) is 5.56 Å². The molecule has 2 aromatic heterocycles. The third-order valence-corrected chi connectivity index (χ3v) is 3.94. The van der Waals surface area contributed by atoms with E-state index >= 15 is 0 Å². The molecule has 0 aliphatic rings. The van der Waals surface area contributed by atoms with Crippen LogP contribution >= 0.6 is 15.9 Å². The summed E-state index contributed by atoms with van der Waals surface area (Å²) in [7, 11) is 0. The van der Waals surface area contributed by atoms with E-state index in [1.54, 1.807) is 10.6 Å². The van der Waals surface area contributed by atoms with E-state index in [1.807, 2.05) is 48.5 Å². The molecule has 0 atom stereocenters. The van der Waals surface area contributed by atoms with Crippen LogP contribution in [0.25, 0.3) is 27.9 Å². The first kappa shape index (κ1) is 12.3. The van der Waals surface area contributed by atoms with Crippen molar-refractivity contribution < 1.29 is 0 Å². The zero-order valence-corrected chi connectivity index (χ0v) is 12.5. The van der Waals surface area contributed by atoms with E-state index in [9.17, 15) is 4.79 Å². The van der Waals surface area contributed by atoms with Gasteiger partial charge in [0, 0.05) is 10.5 Å². The van der Waals surface area contributed by atoms with Gasteiger partial charge in [0.1, 0.15) is 0 Å². The second-order valence-corrected chi connectivity index (χ2v) is 5.70. The molecule has 2 aromatic carbocycles. The molecule has 4 aromatic rings. The predicted octanol–water partition coefficient (Wildman–Crippen LogP) is 3.63. The van der Waals surface area contributed by atoms with Crippen molar-refractivity contribution in [2.75, 3.05) is 0 Å². The van der Waals surface area contributed by atoms with Gasteiger partial charge in [-0.2, -0.15) is 0 Å². The summed E-state index contributed by atoms with van der Waals surface area (Å²) in [6.45, 7) is 0. The predicted molar refractivity (Wildman–Crippen MR) is 86.9 cm³/mol. The molecule has 4 rings (SSSR count). The number of aromatic amines is 1. The zero-order valence-electron chi connectivity index (χ0n) is 10.9. The lowest BCUT2D eigenvalue weighted by atomic mass is 10.2. The summed E-state index contributed by atoms with van der Waals surface area (Å²) in [6.07, 6.45) is 0. The minimum absolute atomic E-state index is 0.105. The summed E-state index contributed by atoms with van der Waals surface area (Å²) in [5, 5.41) is 0.999. The van der Waals surface area contributed by atoms with Crippen LogP contribution in [0, 0.1) is 0 Å². The van der Waals surface area contributed by atoms with E-state index in [2.05, 4.69) is 25.9 Å². The molecule has 0 saturated carbocycles. The number of hydrogen-bond acceptors (Lipinski definition) is 2. The molecule has 0 aliphatic heterocycles. The molecule has 0 fully saturated rings. The number of H-pyrrole nitrogens is 1. The summed E-state index contributed by atoms with van der Waals surface area (Å²) in [4.78, 5) is 20.0. The van der Waals surface area contributed by atoms with Gasteiger partial charge in [0.05, 0.1) is 16.6 Å². The molecule has 2 heterocycles. The van der Waals surface area contributed by atoms with Crippen LogP contribution in [0.15, 0.2) is 63.9 Å². The Morgan fingerprint density at radius 3 is 2.81 bits per heavy atom.